The molecule has 0 N–H and O–H groups in total. The van der Waals surface area contributed by atoms with Crippen LogP contribution in [0, 0.1) is 0 Å². The standard InChI is InChI=1S/C17H14F3NO2/c18-17(19,20)23-15-7-5-13(6-8-15)16(22)21-10-9-12-3-1-2-4-14(12)11-21/h1-8H,9-11H2. The highest BCUT2D eigenvalue weighted by atomic mass is 19.4. The van der Waals surface area contributed by atoms with Gasteiger partial charge >= 0.3 is 6.36 Å². The van der Waals surface area contributed by atoms with Gasteiger partial charge in [0.25, 0.3) is 5.91 Å². The van der Waals surface area contributed by atoms with Gasteiger partial charge in [-0.25, -0.2) is 0 Å². The van der Waals surface area contributed by atoms with Crippen LogP contribution in [0.1, 0.15) is 21.5 Å². The van der Waals surface area contributed by atoms with E-state index in [4.69, 9.17) is 0 Å². The third kappa shape index (κ3) is 3.64. The second kappa shape index (κ2) is 5.95. The van der Waals surface area contributed by atoms with Crippen LogP contribution in [0.15, 0.2) is 48.5 Å². The van der Waals surface area contributed by atoms with E-state index in [2.05, 4.69) is 4.74 Å². The van der Waals surface area contributed by atoms with Crippen molar-refractivity contribution in [3.63, 3.8) is 0 Å². The van der Waals surface area contributed by atoms with Crippen LogP contribution in [-0.2, 0) is 13.0 Å². The lowest BCUT2D eigenvalue weighted by atomic mass is 9.99. The van der Waals surface area contributed by atoms with Crippen molar-refractivity contribution >= 4 is 5.91 Å². The van der Waals surface area contributed by atoms with E-state index in [1.165, 1.54) is 17.7 Å². The van der Waals surface area contributed by atoms with Gasteiger partial charge in [-0.05, 0) is 41.8 Å². The summed E-state index contributed by atoms with van der Waals surface area (Å²) >= 11 is 0. The molecule has 2 aromatic carbocycles. The normalized spacial score (nSPS) is 14.3. The number of fused-ring (bicyclic) bond motifs is 1. The minimum atomic E-state index is -4.73. The molecule has 1 aliphatic heterocycles. The Morgan fingerprint density at radius 1 is 1.00 bits per heavy atom. The molecule has 0 spiro atoms. The molecule has 0 saturated carbocycles. The van der Waals surface area contributed by atoms with Crippen LogP contribution in [-0.4, -0.2) is 23.7 Å². The number of carbonyl (C=O) groups excluding carboxylic acids is 1. The predicted octanol–water partition coefficient (Wildman–Crippen LogP) is 3.78. The average molecular weight is 321 g/mol. The fourth-order valence-corrected chi connectivity index (χ4v) is 2.65. The number of nitrogens with zero attached hydrogens (tertiary/aromatic N) is 1. The number of hydrogen-bond acceptors (Lipinski definition) is 2. The molecule has 0 bridgehead atoms. The molecule has 6 heteroatoms. The van der Waals surface area contributed by atoms with Crippen molar-refractivity contribution in [2.45, 2.75) is 19.3 Å². The van der Waals surface area contributed by atoms with Gasteiger partial charge in [0.05, 0.1) is 0 Å². The van der Waals surface area contributed by atoms with Crippen LogP contribution in [0.3, 0.4) is 0 Å². The van der Waals surface area contributed by atoms with Crippen molar-refractivity contribution in [2.75, 3.05) is 6.54 Å². The number of benzene rings is 2. The van der Waals surface area contributed by atoms with Gasteiger partial charge in [-0.1, -0.05) is 24.3 Å². The van der Waals surface area contributed by atoms with Crippen molar-refractivity contribution in [3.8, 4) is 5.75 Å². The van der Waals surface area contributed by atoms with E-state index in [1.807, 2.05) is 24.3 Å². The molecule has 1 aliphatic rings. The monoisotopic (exact) mass is 321 g/mol. The lowest BCUT2D eigenvalue weighted by Crippen LogP contribution is -2.35. The Bertz CT molecular complexity index is 711. The zero-order valence-electron chi connectivity index (χ0n) is 12.1. The number of carbonyl (C=O) groups is 1. The summed E-state index contributed by atoms with van der Waals surface area (Å²) in [6.07, 6.45) is -3.96. The lowest BCUT2D eigenvalue weighted by molar-refractivity contribution is -0.274. The first kappa shape index (κ1) is 15.4. The van der Waals surface area contributed by atoms with Crippen LogP contribution in [0.2, 0.25) is 0 Å². The second-order valence-electron chi connectivity index (χ2n) is 5.32. The molecule has 1 amide bonds. The molecule has 0 aromatic heterocycles. The Morgan fingerprint density at radius 2 is 1.65 bits per heavy atom. The summed E-state index contributed by atoms with van der Waals surface area (Å²) in [6, 6.07) is 12.9. The summed E-state index contributed by atoms with van der Waals surface area (Å²) in [5.41, 5.74) is 2.67. The van der Waals surface area contributed by atoms with E-state index in [-0.39, 0.29) is 11.7 Å². The van der Waals surface area contributed by atoms with Crippen LogP contribution >= 0.6 is 0 Å². The third-order valence-electron chi connectivity index (χ3n) is 3.75. The van der Waals surface area contributed by atoms with E-state index in [0.717, 1.165) is 24.1 Å². The smallest absolute Gasteiger partial charge is 0.406 e. The van der Waals surface area contributed by atoms with Crippen LogP contribution in [0.5, 0.6) is 5.75 Å². The molecular weight excluding hydrogens is 307 g/mol. The predicted molar refractivity (Wildman–Crippen MR) is 78.0 cm³/mol. The molecule has 23 heavy (non-hydrogen) atoms. The van der Waals surface area contributed by atoms with Crippen LogP contribution in [0.25, 0.3) is 0 Å². The molecular formula is C17H14F3NO2. The van der Waals surface area contributed by atoms with Crippen LogP contribution < -0.4 is 4.74 Å². The van der Waals surface area contributed by atoms with Gasteiger partial charge in [-0.3, -0.25) is 4.79 Å². The summed E-state index contributed by atoms with van der Waals surface area (Å²) < 4.78 is 40.2. The van der Waals surface area contributed by atoms with E-state index in [0.29, 0.717) is 18.7 Å². The van der Waals surface area contributed by atoms with Gasteiger partial charge in [0.2, 0.25) is 0 Å². The van der Waals surface area contributed by atoms with E-state index < -0.39 is 6.36 Å². The molecule has 0 aliphatic carbocycles. The Hall–Kier alpha value is -2.50. The van der Waals surface area contributed by atoms with Crippen molar-refractivity contribution in [1.82, 2.24) is 4.90 Å². The maximum absolute atomic E-state index is 12.5. The summed E-state index contributed by atoms with van der Waals surface area (Å²) in [7, 11) is 0. The minimum absolute atomic E-state index is 0.196. The highest BCUT2D eigenvalue weighted by molar-refractivity contribution is 5.94. The number of amides is 1. The Kier molecular flexibility index (Phi) is 3.98. The first-order valence-electron chi connectivity index (χ1n) is 7.14. The number of rotatable bonds is 2. The second-order valence-corrected chi connectivity index (χ2v) is 5.32. The highest BCUT2D eigenvalue weighted by Gasteiger charge is 2.31. The zero-order chi connectivity index (χ0) is 16.4. The molecule has 120 valence electrons. The fourth-order valence-electron chi connectivity index (χ4n) is 2.65. The lowest BCUT2D eigenvalue weighted by Gasteiger charge is -2.29. The summed E-state index contributed by atoms with van der Waals surface area (Å²) in [5.74, 6) is -0.531. The Labute approximate surface area is 131 Å². The number of alkyl halides is 3. The summed E-state index contributed by atoms with van der Waals surface area (Å²) in [4.78, 5) is 14.2. The van der Waals surface area contributed by atoms with Gasteiger partial charge in [-0.2, -0.15) is 0 Å². The van der Waals surface area contributed by atoms with Crippen molar-refractivity contribution in [1.29, 1.82) is 0 Å². The first-order valence-corrected chi connectivity index (χ1v) is 7.14. The fraction of sp³-hybridized carbons (Fsp3) is 0.235. The zero-order valence-corrected chi connectivity index (χ0v) is 12.1. The summed E-state index contributed by atoms with van der Waals surface area (Å²) in [6.45, 7) is 1.10. The van der Waals surface area contributed by atoms with Gasteiger partial charge < -0.3 is 9.64 Å². The molecule has 3 nitrogen and oxygen atoms in total. The minimum Gasteiger partial charge on any atom is -0.406 e. The van der Waals surface area contributed by atoms with Gasteiger partial charge in [0.1, 0.15) is 5.75 Å². The Balaban J connectivity index is 1.72. The van der Waals surface area contributed by atoms with Crippen molar-refractivity contribution in [3.05, 3.63) is 65.2 Å². The van der Waals surface area contributed by atoms with E-state index >= 15 is 0 Å². The number of halogens is 3. The molecule has 0 fully saturated rings. The largest absolute Gasteiger partial charge is 0.573 e. The first-order chi connectivity index (χ1) is 10.9. The molecule has 2 aromatic rings. The topological polar surface area (TPSA) is 29.5 Å². The quantitative estimate of drug-likeness (QED) is 0.842. The average Bonchev–Trinajstić information content (AvgIpc) is 2.53. The van der Waals surface area contributed by atoms with E-state index in [9.17, 15) is 18.0 Å². The van der Waals surface area contributed by atoms with E-state index in [1.54, 1.807) is 4.90 Å². The Morgan fingerprint density at radius 3 is 2.30 bits per heavy atom. The molecule has 0 radical (unpaired) electrons. The third-order valence-corrected chi connectivity index (χ3v) is 3.75. The van der Waals surface area contributed by atoms with Crippen molar-refractivity contribution < 1.29 is 22.7 Å². The van der Waals surface area contributed by atoms with Crippen LogP contribution in [0.4, 0.5) is 13.2 Å². The molecule has 1 heterocycles. The van der Waals surface area contributed by atoms with Gasteiger partial charge in [0, 0.05) is 18.7 Å². The van der Waals surface area contributed by atoms with Crippen molar-refractivity contribution in [2.24, 2.45) is 0 Å². The van der Waals surface area contributed by atoms with Gasteiger partial charge in [0.15, 0.2) is 0 Å². The highest BCUT2D eigenvalue weighted by Crippen LogP contribution is 2.24. The molecule has 0 unspecified atom stereocenters. The molecule has 0 atom stereocenters. The molecule has 0 saturated heterocycles. The summed E-state index contributed by atoms with van der Waals surface area (Å²) in [5, 5.41) is 0. The maximum atomic E-state index is 12.5. The maximum Gasteiger partial charge on any atom is 0.573 e. The molecule has 3 rings (SSSR count). The number of hydrogen-bond donors (Lipinski definition) is 0. The SMILES string of the molecule is O=C(c1ccc(OC(F)(F)F)cc1)N1CCc2ccccc2C1. The number of ether oxygens (including phenoxy) is 1. The van der Waals surface area contributed by atoms with Gasteiger partial charge in [-0.15, -0.1) is 13.2 Å².